The van der Waals surface area contributed by atoms with Gasteiger partial charge in [-0.25, -0.2) is 4.98 Å². The van der Waals surface area contributed by atoms with Crippen LogP contribution in [0.4, 0.5) is 0 Å². The van der Waals surface area contributed by atoms with Gasteiger partial charge in [-0.3, -0.25) is 4.68 Å². The molecule has 88 valence electrons. The molecule has 1 saturated heterocycles. The molecule has 2 heterocycles. The van der Waals surface area contributed by atoms with E-state index in [1.807, 2.05) is 12.1 Å². The molecule has 1 aromatic carbocycles. The maximum atomic E-state index is 6.22. The molecule has 3 rings (SSSR count). The minimum Gasteiger partial charge on any atom is -0.302 e. The molecule has 2 aromatic rings. The van der Waals surface area contributed by atoms with Gasteiger partial charge in [-0.05, 0) is 17.7 Å². The standard InChI is InChI=1S/C11H10Cl2N4/c12-8-1-2-9(10(13)3-8)11(4-15-11)5-17-7-14-6-16-17/h1-3,6-7,15H,4-5H2. The first-order chi connectivity index (χ1) is 8.20. The summed E-state index contributed by atoms with van der Waals surface area (Å²) in [5.41, 5.74) is 0.925. The number of aromatic nitrogens is 3. The molecule has 1 unspecified atom stereocenters. The highest BCUT2D eigenvalue weighted by Gasteiger charge is 2.45. The Kier molecular flexibility index (Phi) is 2.58. The Morgan fingerprint density at radius 3 is 2.82 bits per heavy atom. The number of nitrogens with one attached hydrogen (secondary N) is 1. The van der Waals surface area contributed by atoms with Gasteiger partial charge in [0.05, 0.1) is 12.1 Å². The van der Waals surface area contributed by atoms with E-state index in [1.165, 1.54) is 6.33 Å². The van der Waals surface area contributed by atoms with Crippen molar-refractivity contribution in [3.63, 3.8) is 0 Å². The summed E-state index contributed by atoms with van der Waals surface area (Å²) in [4.78, 5) is 3.93. The van der Waals surface area contributed by atoms with Crippen LogP contribution >= 0.6 is 23.2 Å². The third kappa shape index (κ3) is 2.04. The SMILES string of the molecule is Clc1ccc(C2(Cn3cncn3)CN2)c(Cl)c1. The van der Waals surface area contributed by atoms with E-state index in [0.29, 0.717) is 16.6 Å². The molecule has 1 fully saturated rings. The van der Waals surface area contributed by atoms with Crippen LogP contribution in [0.3, 0.4) is 0 Å². The molecule has 0 spiro atoms. The average molecular weight is 269 g/mol. The number of benzene rings is 1. The van der Waals surface area contributed by atoms with E-state index in [1.54, 1.807) is 17.1 Å². The van der Waals surface area contributed by atoms with Gasteiger partial charge >= 0.3 is 0 Å². The van der Waals surface area contributed by atoms with Gasteiger partial charge in [0.1, 0.15) is 12.7 Å². The van der Waals surface area contributed by atoms with E-state index < -0.39 is 0 Å². The van der Waals surface area contributed by atoms with E-state index in [0.717, 1.165) is 12.1 Å². The predicted molar refractivity (Wildman–Crippen MR) is 66.2 cm³/mol. The van der Waals surface area contributed by atoms with Crippen LogP contribution in [-0.2, 0) is 12.1 Å². The zero-order chi connectivity index (χ0) is 11.9. The molecule has 1 N–H and O–H groups in total. The summed E-state index contributed by atoms with van der Waals surface area (Å²) in [7, 11) is 0. The van der Waals surface area contributed by atoms with Crippen LogP contribution in [0.15, 0.2) is 30.9 Å². The first kappa shape index (κ1) is 11.0. The molecule has 1 aliphatic rings. The maximum absolute atomic E-state index is 6.22. The summed E-state index contributed by atoms with van der Waals surface area (Å²) >= 11 is 12.1. The highest BCUT2D eigenvalue weighted by Crippen LogP contribution is 2.37. The summed E-state index contributed by atoms with van der Waals surface area (Å²) in [6.07, 6.45) is 3.23. The Morgan fingerprint density at radius 2 is 2.24 bits per heavy atom. The van der Waals surface area contributed by atoms with Crippen LogP contribution in [0.2, 0.25) is 10.0 Å². The zero-order valence-electron chi connectivity index (χ0n) is 8.90. The van der Waals surface area contributed by atoms with Gasteiger partial charge in [0.15, 0.2) is 0 Å². The van der Waals surface area contributed by atoms with Crippen LogP contribution in [0.25, 0.3) is 0 Å². The molecule has 17 heavy (non-hydrogen) atoms. The van der Waals surface area contributed by atoms with Crippen molar-refractivity contribution in [2.24, 2.45) is 0 Å². The molecule has 6 heteroatoms. The van der Waals surface area contributed by atoms with Crippen LogP contribution in [0.5, 0.6) is 0 Å². The molecule has 0 radical (unpaired) electrons. The monoisotopic (exact) mass is 268 g/mol. The molecule has 0 amide bonds. The Balaban J connectivity index is 1.92. The van der Waals surface area contributed by atoms with Crippen LogP contribution in [0.1, 0.15) is 5.56 Å². The smallest absolute Gasteiger partial charge is 0.137 e. The van der Waals surface area contributed by atoms with Crippen molar-refractivity contribution in [3.8, 4) is 0 Å². The Bertz CT molecular complexity index is 534. The highest BCUT2D eigenvalue weighted by molar-refractivity contribution is 6.35. The third-order valence-corrected chi connectivity index (χ3v) is 3.50. The minimum absolute atomic E-state index is 0.130. The summed E-state index contributed by atoms with van der Waals surface area (Å²) < 4.78 is 1.80. The van der Waals surface area contributed by atoms with Crippen LogP contribution in [0, 0.1) is 0 Å². The molecule has 1 aromatic heterocycles. The van der Waals surface area contributed by atoms with Crippen molar-refractivity contribution in [1.29, 1.82) is 0 Å². The Morgan fingerprint density at radius 1 is 1.41 bits per heavy atom. The molecule has 1 atom stereocenters. The summed E-state index contributed by atoms with van der Waals surface area (Å²) in [5, 5.41) is 8.79. The summed E-state index contributed by atoms with van der Waals surface area (Å²) in [6, 6.07) is 5.58. The lowest BCUT2D eigenvalue weighted by atomic mass is 9.99. The largest absolute Gasteiger partial charge is 0.302 e. The van der Waals surface area contributed by atoms with E-state index in [9.17, 15) is 0 Å². The second-order valence-corrected chi connectivity index (χ2v) is 5.00. The first-order valence-corrected chi connectivity index (χ1v) is 5.98. The minimum atomic E-state index is -0.130. The quantitative estimate of drug-likeness (QED) is 0.868. The lowest BCUT2D eigenvalue weighted by Gasteiger charge is -2.15. The fraction of sp³-hybridized carbons (Fsp3) is 0.273. The lowest BCUT2D eigenvalue weighted by Crippen LogP contribution is -2.21. The van der Waals surface area contributed by atoms with Gasteiger partial charge < -0.3 is 5.32 Å². The predicted octanol–water partition coefficient (Wildman–Crippen LogP) is 2.08. The molecule has 0 bridgehead atoms. The second kappa shape index (κ2) is 3.98. The average Bonchev–Trinajstić information content (AvgIpc) is 2.86. The number of nitrogens with zero attached hydrogens (tertiary/aromatic N) is 3. The normalized spacial score (nSPS) is 22.7. The van der Waals surface area contributed by atoms with E-state index in [-0.39, 0.29) is 5.54 Å². The molecule has 4 nitrogen and oxygen atoms in total. The summed E-state index contributed by atoms with van der Waals surface area (Å²) in [5.74, 6) is 0. The molecular formula is C11H10Cl2N4. The van der Waals surface area contributed by atoms with Gasteiger partial charge in [0.25, 0.3) is 0 Å². The Hall–Kier alpha value is -1.10. The van der Waals surface area contributed by atoms with Gasteiger partial charge in [-0.1, -0.05) is 29.3 Å². The van der Waals surface area contributed by atoms with Gasteiger partial charge in [-0.15, -0.1) is 0 Å². The Labute approximate surface area is 109 Å². The number of rotatable bonds is 3. The van der Waals surface area contributed by atoms with Gasteiger partial charge in [0, 0.05) is 16.6 Å². The van der Waals surface area contributed by atoms with E-state index in [4.69, 9.17) is 23.2 Å². The van der Waals surface area contributed by atoms with Gasteiger partial charge in [0.2, 0.25) is 0 Å². The van der Waals surface area contributed by atoms with Gasteiger partial charge in [-0.2, -0.15) is 5.10 Å². The number of hydrogen-bond donors (Lipinski definition) is 1. The van der Waals surface area contributed by atoms with Crippen molar-refractivity contribution >= 4 is 23.2 Å². The molecular weight excluding hydrogens is 259 g/mol. The van der Waals surface area contributed by atoms with Crippen molar-refractivity contribution in [2.45, 2.75) is 12.1 Å². The number of hydrogen-bond acceptors (Lipinski definition) is 3. The van der Waals surface area contributed by atoms with E-state index in [2.05, 4.69) is 15.4 Å². The van der Waals surface area contributed by atoms with Crippen LogP contribution < -0.4 is 5.32 Å². The fourth-order valence-electron chi connectivity index (χ4n) is 1.96. The van der Waals surface area contributed by atoms with Crippen LogP contribution in [-0.4, -0.2) is 21.3 Å². The fourth-order valence-corrected chi connectivity index (χ4v) is 2.55. The zero-order valence-corrected chi connectivity index (χ0v) is 10.4. The van der Waals surface area contributed by atoms with Crippen molar-refractivity contribution in [3.05, 3.63) is 46.5 Å². The van der Waals surface area contributed by atoms with E-state index >= 15 is 0 Å². The third-order valence-electron chi connectivity index (χ3n) is 2.95. The first-order valence-electron chi connectivity index (χ1n) is 5.23. The summed E-state index contributed by atoms with van der Waals surface area (Å²) in [6.45, 7) is 1.60. The second-order valence-electron chi connectivity index (χ2n) is 4.15. The topological polar surface area (TPSA) is 52.7 Å². The van der Waals surface area contributed by atoms with Crippen molar-refractivity contribution in [1.82, 2.24) is 20.1 Å². The molecule has 1 aliphatic heterocycles. The molecule has 0 aliphatic carbocycles. The highest BCUT2D eigenvalue weighted by atomic mass is 35.5. The van der Waals surface area contributed by atoms with Crippen molar-refractivity contribution in [2.75, 3.05) is 6.54 Å². The molecule has 0 saturated carbocycles. The maximum Gasteiger partial charge on any atom is 0.137 e. The number of halogens is 2. The van der Waals surface area contributed by atoms with Crippen molar-refractivity contribution < 1.29 is 0 Å². The lowest BCUT2D eigenvalue weighted by molar-refractivity contribution is 0.494.